The first-order chi connectivity index (χ1) is 9.29. The summed E-state index contributed by atoms with van der Waals surface area (Å²) in [4.78, 5) is 23.8. The summed E-state index contributed by atoms with van der Waals surface area (Å²) in [6, 6.07) is 2.03. The highest BCUT2D eigenvalue weighted by Crippen LogP contribution is 2.22. The van der Waals surface area contributed by atoms with Gasteiger partial charge in [-0.15, -0.1) is 0 Å². The summed E-state index contributed by atoms with van der Waals surface area (Å²) in [7, 11) is 1.57. The molecule has 0 aliphatic rings. The maximum atomic E-state index is 14.0. The molecule has 0 saturated carbocycles. The number of halogens is 1. The molecule has 5 nitrogen and oxygen atoms in total. The first-order valence-corrected chi connectivity index (χ1v) is 7.39. The summed E-state index contributed by atoms with van der Waals surface area (Å²) < 4.78 is 14.0. The maximum Gasteiger partial charge on any atom is 0.270 e. The molecule has 1 amide bonds. The summed E-state index contributed by atoms with van der Waals surface area (Å²) in [6.45, 7) is 3.25. The fourth-order valence-corrected chi connectivity index (χ4v) is 2.46. The summed E-state index contributed by atoms with van der Waals surface area (Å²) in [5, 5.41) is 10.8. The molecular weight excluding hydrogens is 283 g/mol. The van der Waals surface area contributed by atoms with E-state index in [1.54, 1.807) is 18.8 Å². The van der Waals surface area contributed by atoms with Gasteiger partial charge in [0.1, 0.15) is 5.82 Å². The zero-order valence-corrected chi connectivity index (χ0v) is 12.7. The van der Waals surface area contributed by atoms with Crippen LogP contribution in [0.4, 0.5) is 10.1 Å². The number of non-ortho nitro benzene ring substituents is 1. The number of hydrogen-bond acceptors (Lipinski definition) is 4. The maximum absolute atomic E-state index is 14.0. The molecule has 20 heavy (non-hydrogen) atoms. The van der Waals surface area contributed by atoms with Crippen LogP contribution < -0.4 is 0 Å². The van der Waals surface area contributed by atoms with E-state index in [0.717, 1.165) is 12.1 Å². The molecule has 7 heteroatoms. The molecule has 0 heterocycles. The Labute approximate surface area is 121 Å². The molecule has 1 rings (SSSR count). The minimum Gasteiger partial charge on any atom is -0.338 e. The van der Waals surface area contributed by atoms with E-state index in [4.69, 9.17) is 0 Å². The van der Waals surface area contributed by atoms with Crippen molar-refractivity contribution in [1.29, 1.82) is 0 Å². The number of hydrogen-bond donors (Lipinski definition) is 0. The third-order valence-corrected chi connectivity index (χ3v) is 3.89. The minimum absolute atomic E-state index is 0.0866. The summed E-state index contributed by atoms with van der Waals surface area (Å²) >= 11 is 1.57. The van der Waals surface area contributed by atoms with Crippen molar-refractivity contribution in [3.05, 3.63) is 39.2 Å². The van der Waals surface area contributed by atoms with Crippen LogP contribution in [0.15, 0.2) is 12.1 Å². The summed E-state index contributed by atoms with van der Waals surface area (Å²) in [5.41, 5.74) is -0.446. The van der Waals surface area contributed by atoms with Gasteiger partial charge in [-0.05, 0) is 25.7 Å². The van der Waals surface area contributed by atoms with Crippen LogP contribution in [0.3, 0.4) is 0 Å². The van der Waals surface area contributed by atoms with Gasteiger partial charge >= 0.3 is 0 Å². The molecule has 0 N–H and O–H groups in total. The van der Waals surface area contributed by atoms with Crippen LogP contribution in [0.25, 0.3) is 0 Å². The van der Waals surface area contributed by atoms with E-state index in [1.807, 2.05) is 13.2 Å². The van der Waals surface area contributed by atoms with Crippen LogP contribution in [0.1, 0.15) is 22.8 Å². The summed E-state index contributed by atoms with van der Waals surface area (Å²) in [6.07, 6.45) is 1.91. The molecule has 0 saturated heterocycles. The lowest BCUT2D eigenvalue weighted by Crippen LogP contribution is -2.37. The van der Waals surface area contributed by atoms with Crippen LogP contribution in [0, 0.1) is 22.9 Å². The van der Waals surface area contributed by atoms with E-state index in [0.29, 0.717) is 5.75 Å². The number of carbonyl (C=O) groups is 1. The highest BCUT2D eigenvalue weighted by molar-refractivity contribution is 7.98. The van der Waals surface area contributed by atoms with Crippen molar-refractivity contribution in [2.24, 2.45) is 0 Å². The average Bonchev–Trinajstić information content (AvgIpc) is 2.40. The Morgan fingerprint density at radius 2 is 2.15 bits per heavy atom. The number of aryl methyl sites for hydroxylation is 1. The van der Waals surface area contributed by atoms with Gasteiger partial charge in [-0.25, -0.2) is 4.39 Å². The lowest BCUT2D eigenvalue weighted by Gasteiger charge is -2.24. The standard InChI is InChI=1S/C13H17FN2O3S/c1-8-5-10(16(18)19)6-11(12(8)14)13(17)15(3)9(2)7-20-4/h5-6,9H,7H2,1-4H3. The first kappa shape index (κ1) is 16.4. The molecule has 0 bridgehead atoms. The number of nitro benzene ring substituents is 1. The normalized spacial score (nSPS) is 12.1. The topological polar surface area (TPSA) is 63.5 Å². The predicted molar refractivity (Wildman–Crippen MR) is 77.7 cm³/mol. The van der Waals surface area contributed by atoms with Crippen LogP contribution in [-0.4, -0.2) is 40.8 Å². The van der Waals surface area contributed by atoms with E-state index in [2.05, 4.69) is 0 Å². The Kier molecular flexibility index (Phi) is 5.50. The number of thioether (sulfide) groups is 1. The van der Waals surface area contributed by atoms with Gasteiger partial charge in [-0.2, -0.15) is 11.8 Å². The monoisotopic (exact) mass is 300 g/mol. The molecule has 0 fully saturated rings. The molecule has 1 unspecified atom stereocenters. The SMILES string of the molecule is CSCC(C)N(C)C(=O)c1cc([N+](=O)[O-])cc(C)c1F. The van der Waals surface area contributed by atoms with E-state index in [9.17, 15) is 19.3 Å². The van der Waals surface area contributed by atoms with E-state index in [1.165, 1.54) is 11.8 Å². The molecular formula is C13H17FN2O3S. The number of amides is 1. The number of nitro groups is 1. The minimum atomic E-state index is -0.705. The largest absolute Gasteiger partial charge is 0.338 e. The Morgan fingerprint density at radius 3 is 2.65 bits per heavy atom. The van der Waals surface area contributed by atoms with Gasteiger partial charge in [0.25, 0.3) is 11.6 Å². The molecule has 0 radical (unpaired) electrons. The smallest absolute Gasteiger partial charge is 0.270 e. The quantitative estimate of drug-likeness (QED) is 0.619. The van der Waals surface area contributed by atoms with Gasteiger partial charge in [0.15, 0.2) is 0 Å². The molecule has 110 valence electrons. The molecule has 0 aliphatic heterocycles. The van der Waals surface area contributed by atoms with Gasteiger partial charge in [-0.1, -0.05) is 0 Å². The Morgan fingerprint density at radius 1 is 1.55 bits per heavy atom. The fraction of sp³-hybridized carbons (Fsp3) is 0.462. The van der Waals surface area contributed by atoms with E-state index in [-0.39, 0.29) is 22.9 Å². The lowest BCUT2D eigenvalue weighted by molar-refractivity contribution is -0.385. The molecule has 0 spiro atoms. The Balaban J connectivity index is 3.18. The van der Waals surface area contributed by atoms with Crippen molar-refractivity contribution in [2.45, 2.75) is 19.9 Å². The number of nitrogens with zero attached hydrogens (tertiary/aromatic N) is 2. The highest BCUT2D eigenvalue weighted by Gasteiger charge is 2.24. The van der Waals surface area contributed by atoms with Crippen LogP contribution in [0.2, 0.25) is 0 Å². The second-order valence-electron chi connectivity index (χ2n) is 4.60. The number of benzene rings is 1. The average molecular weight is 300 g/mol. The molecule has 1 aromatic rings. The molecule has 1 aromatic carbocycles. The van der Waals surface area contributed by atoms with Gasteiger partial charge in [0, 0.05) is 31.0 Å². The van der Waals surface area contributed by atoms with Crippen molar-refractivity contribution in [2.75, 3.05) is 19.1 Å². The first-order valence-electron chi connectivity index (χ1n) is 6.00. The molecule has 0 aromatic heterocycles. The fourth-order valence-electron chi connectivity index (χ4n) is 1.75. The van der Waals surface area contributed by atoms with Crippen molar-refractivity contribution >= 4 is 23.4 Å². The zero-order valence-electron chi connectivity index (χ0n) is 11.8. The van der Waals surface area contributed by atoms with Gasteiger partial charge in [0.05, 0.1) is 10.5 Å². The van der Waals surface area contributed by atoms with Gasteiger partial charge in [-0.3, -0.25) is 14.9 Å². The van der Waals surface area contributed by atoms with Crippen molar-refractivity contribution < 1.29 is 14.1 Å². The van der Waals surface area contributed by atoms with Crippen LogP contribution in [-0.2, 0) is 0 Å². The molecule has 0 aliphatic carbocycles. The van der Waals surface area contributed by atoms with Crippen molar-refractivity contribution in [1.82, 2.24) is 4.90 Å². The van der Waals surface area contributed by atoms with Crippen molar-refractivity contribution in [3.8, 4) is 0 Å². The second-order valence-corrected chi connectivity index (χ2v) is 5.51. The third kappa shape index (κ3) is 3.47. The number of carbonyl (C=O) groups excluding carboxylic acids is 1. The predicted octanol–water partition coefficient (Wildman–Crippen LogP) is 2.87. The van der Waals surface area contributed by atoms with Gasteiger partial charge < -0.3 is 4.90 Å². The number of rotatable bonds is 5. The lowest BCUT2D eigenvalue weighted by atomic mass is 10.1. The Bertz CT molecular complexity index is 537. The summed E-state index contributed by atoms with van der Waals surface area (Å²) in [5.74, 6) is -0.544. The van der Waals surface area contributed by atoms with Crippen molar-refractivity contribution in [3.63, 3.8) is 0 Å². The van der Waals surface area contributed by atoms with Crippen LogP contribution in [0.5, 0.6) is 0 Å². The second kappa shape index (κ2) is 6.69. The van der Waals surface area contributed by atoms with Gasteiger partial charge in [0.2, 0.25) is 0 Å². The molecule has 1 atom stereocenters. The van der Waals surface area contributed by atoms with E-state index < -0.39 is 16.6 Å². The van der Waals surface area contributed by atoms with Crippen LogP contribution >= 0.6 is 11.8 Å². The zero-order chi connectivity index (χ0) is 15.4. The van der Waals surface area contributed by atoms with E-state index >= 15 is 0 Å². The highest BCUT2D eigenvalue weighted by atomic mass is 32.2. The Hall–Kier alpha value is -1.63. The third-order valence-electron chi connectivity index (χ3n) is 3.07.